The molecule has 1 fully saturated rings. The largest absolute Gasteiger partial charge is 0.300 e. The van der Waals surface area contributed by atoms with Crippen molar-refractivity contribution in [1.29, 1.82) is 0 Å². The molecule has 0 unspecified atom stereocenters. The molecule has 1 heterocycles. The fourth-order valence-electron chi connectivity index (χ4n) is 2.13. The third-order valence-electron chi connectivity index (χ3n) is 3.28. The monoisotopic (exact) mass is 258 g/mol. The van der Waals surface area contributed by atoms with Crippen LogP contribution >= 0.6 is 23.2 Å². The highest BCUT2D eigenvalue weighted by Crippen LogP contribution is 2.40. The maximum atomic E-state index is 11.2. The predicted molar refractivity (Wildman–Crippen MR) is 62.9 cm³/mol. The Hall–Kier alpha value is -0.670. The van der Waals surface area contributed by atoms with Crippen molar-refractivity contribution in [3.05, 3.63) is 21.9 Å². The standard InChI is InChI=1S/C11H12Cl2N2O/c1-11(4-2-7(16)3-5-11)8-6-9(12)14-15-10(8)13/h6H,2-5H2,1H3. The van der Waals surface area contributed by atoms with Gasteiger partial charge < -0.3 is 0 Å². The molecule has 0 radical (unpaired) electrons. The molecule has 1 saturated carbocycles. The molecule has 0 aliphatic heterocycles. The number of carbonyl (C=O) groups is 1. The van der Waals surface area contributed by atoms with Gasteiger partial charge in [0.15, 0.2) is 10.3 Å². The summed E-state index contributed by atoms with van der Waals surface area (Å²) in [4.78, 5) is 11.2. The van der Waals surface area contributed by atoms with E-state index >= 15 is 0 Å². The second kappa shape index (κ2) is 4.30. The van der Waals surface area contributed by atoms with Crippen molar-refractivity contribution in [1.82, 2.24) is 10.2 Å². The summed E-state index contributed by atoms with van der Waals surface area (Å²) in [7, 11) is 0. The summed E-state index contributed by atoms with van der Waals surface area (Å²) in [5.41, 5.74) is 0.798. The van der Waals surface area contributed by atoms with E-state index in [-0.39, 0.29) is 5.41 Å². The van der Waals surface area contributed by atoms with E-state index in [2.05, 4.69) is 17.1 Å². The zero-order chi connectivity index (χ0) is 11.8. The number of carbonyl (C=O) groups excluding carboxylic acids is 1. The van der Waals surface area contributed by atoms with Crippen molar-refractivity contribution in [2.24, 2.45) is 0 Å². The number of nitrogens with zero attached hydrogens (tertiary/aromatic N) is 2. The summed E-state index contributed by atoms with van der Waals surface area (Å²) in [6.07, 6.45) is 2.81. The van der Waals surface area contributed by atoms with E-state index in [0.717, 1.165) is 18.4 Å². The van der Waals surface area contributed by atoms with Crippen LogP contribution in [0.15, 0.2) is 6.07 Å². The molecule has 0 atom stereocenters. The molecule has 2 rings (SSSR count). The SMILES string of the molecule is CC1(c2cc(Cl)nnc2Cl)CCC(=O)CC1. The van der Waals surface area contributed by atoms with Crippen LogP contribution in [-0.4, -0.2) is 16.0 Å². The lowest BCUT2D eigenvalue weighted by Crippen LogP contribution is -2.29. The quantitative estimate of drug-likeness (QED) is 0.777. The molecule has 86 valence electrons. The molecule has 1 aromatic heterocycles. The zero-order valence-corrected chi connectivity index (χ0v) is 10.5. The van der Waals surface area contributed by atoms with Gasteiger partial charge in [0.05, 0.1) is 0 Å². The first-order chi connectivity index (χ1) is 7.51. The summed E-state index contributed by atoms with van der Waals surface area (Å²) in [5.74, 6) is 0.321. The van der Waals surface area contributed by atoms with E-state index < -0.39 is 0 Å². The molecule has 5 heteroatoms. The van der Waals surface area contributed by atoms with Gasteiger partial charge in [-0.3, -0.25) is 4.79 Å². The molecule has 1 aromatic rings. The smallest absolute Gasteiger partial charge is 0.155 e. The Bertz CT molecular complexity index is 424. The molecule has 0 amide bonds. The van der Waals surface area contributed by atoms with E-state index in [4.69, 9.17) is 23.2 Å². The van der Waals surface area contributed by atoms with Gasteiger partial charge in [-0.15, -0.1) is 10.2 Å². The molecule has 1 aliphatic carbocycles. The molecule has 1 aliphatic rings. The van der Waals surface area contributed by atoms with E-state index in [9.17, 15) is 4.79 Å². The molecule has 16 heavy (non-hydrogen) atoms. The minimum absolute atomic E-state index is 0.107. The minimum Gasteiger partial charge on any atom is -0.300 e. The molecular weight excluding hydrogens is 247 g/mol. The molecule has 0 aromatic carbocycles. The summed E-state index contributed by atoms with van der Waals surface area (Å²) >= 11 is 11.9. The van der Waals surface area contributed by atoms with Gasteiger partial charge in [0, 0.05) is 18.4 Å². The molecular formula is C11H12Cl2N2O. The number of hydrogen-bond acceptors (Lipinski definition) is 3. The van der Waals surface area contributed by atoms with Gasteiger partial charge in [-0.25, -0.2) is 0 Å². The maximum Gasteiger partial charge on any atom is 0.155 e. The highest BCUT2D eigenvalue weighted by atomic mass is 35.5. The average molecular weight is 259 g/mol. The topological polar surface area (TPSA) is 42.9 Å². The van der Waals surface area contributed by atoms with Crippen LogP contribution < -0.4 is 0 Å². The summed E-state index contributed by atoms with van der Waals surface area (Å²) < 4.78 is 0. The van der Waals surface area contributed by atoms with E-state index in [1.807, 2.05) is 0 Å². The lowest BCUT2D eigenvalue weighted by molar-refractivity contribution is -0.121. The van der Waals surface area contributed by atoms with Gasteiger partial charge in [-0.2, -0.15) is 0 Å². The van der Waals surface area contributed by atoms with Crippen molar-refractivity contribution < 1.29 is 4.79 Å². The zero-order valence-electron chi connectivity index (χ0n) is 8.96. The number of halogens is 2. The fourth-order valence-corrected chi connectivity index (χ4v) is 2.59. The molecule has 3 nitrogen and oxygen atoms in total. The summed E-state index contributed by atoms with van der Waals surface area (Å²) in [5, 5.41) is 8.25. The van der Waals surface area contributed by atoms with Crippen LogP contribution in [0, 0.1) is 0 Å². The first-order valence-corrected chi connectivity index (χ1v) is 5.98. The fraction of sp³-hybridized carbons (Fsp3) is 0.545. The van der Waals surface area contributed by atoms with Crippen LogP contribution in [0.25, 0.3) is 0 Å². The molecule has 0 bridgehead atoms. The first kappa shape index (κ1) is 11.8. The van der Waals surface area contributed by atoms with Crippen LogP contribution in [0.5, 0.6) is 0 Å². The lowest BCUT2D eigenvalue weighted by atomic mass is 9.71. The van der Waals surface area contributed by atoms with Crippen LogP contribution in [-0.2, 0) is 10.2 Å². The van der Waals surface area contributed by atoms with Crippen LogP contribution in [0.3, 0.4) is 0 Å². The Kier molecular flexibility index (Phi) is 3.17. The van der Waals surface area contributed by atoms with Crippen LogP contribution in [0.1, 0.15) is 38.2 Å². The number of hydrogen-bond donors (Lipinski definition) is 0. The van der Waals surface area contributed by atoms with Gasteiger partial charge in [0.2, 0.25) is 0 Å². The van der Waals surface area contributed by atoms with Gasteiger partial charge in [-0.05, 0) is 24.3 Å². The minimum atomic E-state index is -0.107. The lowest BCUT2D eigenvalue weighted by Gasteiger charge is -2.33. The third kappa shape index (κ3) is 2.20. The normalized spacial score (nSPS) is 19.8. The van der Waals surface area contributed by atoms with Gasteiger partial charge >= 0.3 is 0 Å². The van der Waals surface area contributed by atoms with E-state index in [1.165, 1.54) is 0 Å². The number of rotatable bonds is 1. The highest BCUT2D eigenvalue weighted by molar-refractivity contribution is 6.31. The second-order valence-corrected chi connectivity index (χ2v) is 5.22. The second-order valence-electron chi connectivity index (χ2n) is 4.47. The summed E-state index contributed by atoms with van der Waals surface area (Å²) in [6, 6.07) is 1.76. The van der Waals surface area contributed by atoms with Gasteiger partial charge in [-0.1, -0.05) is 30.1 Å². The van der Waals surface area contributed by atoms with Crippen molar-refractivity contribution in [2.75, 3.05) is 0 Å². The molecule has 0 N–H and O–H groups in total. The molecule has 0 saturated heterocycles. The Balaban J connectivity index is 2.35. The third-order valence-corrected chi connectivity index (χ3v) is 3.74. The Morgan fingerprint density at radius 1 is 1.25 bits per heavy atom. The van der Waals surface area contributed by atoms with Crippen molar-refractivity contribution >= 4 is 29.0 Å². The first-order valence-electron chi connectivity index (χ1n) is 5.22. The average Bonchev–Trinajstić information content (AvgIpc) is 2.26. The number of Topliss-reactive ketones (excluding diaryl/α,β-unsaturated/α-hetero) is 1. The van der Waals surface area contributed by atoms with Crippen molar-refractivity contribution in [3.8, 4) is 0 Å². The van der Waals surface area contributed by atoms with Crippen LogP contribution in [0.4, 0.5) is 0 Å². The van der Waals surface area contributed by atoms with Gasteiger partial charge in [0.25, 0.3) is 0 Å². The number of aromatic nitrogens is 2. The maximum absolute atomic E-state index is 11.2. The van der Waals surface area contributed by atoms with Gasteiger partial charge in [0.1, 0.15) is 5.78 Å². The Morgan fingerprint density at radius 2 is 1.88 bits per heavy atom. The van der Waals surface area contributed by atoms with Crippen molar-refractivity contribution in [2.45, 2.75) is 38.0 Å². The Labute approximate surface area is 104 Å². The van der Waals surface area contributed by atoms with E-state index in [0.29, 0.717) is 28.9 Å². The van der Waals surface area contributed by atoms with E-state index in [1.54, 1.807) is 6.07 Å². The summed E-state index contributed by atoms with van der Waals surface area (Å²) in [6.45, 7) is 2.10. The molecule has 0 spiro atoms. The van der Waals surface area contributed by atoms with Crippen LogP contribution in [0.2, 0.25) is 10.3 Å². The highest BCUT2D eigenvalue weighted by Gasteiger charge is 2.34. The Morgan fingerprint density at radius 3 is 2.50 bits per heavy atom. The number of ketones is 1. The predicted octanol–water partition coefficient (Wildman–Crippen LogP) is 3.18. The van der Waals surface area contributed by atoms with Crippen molar-refractivity contribution in [3.63, 3.8) is 0 Å².